The van der Waals surface area contributed by atoms with E-state index in [-0.39, 0.29) is 6.04 Å². The van der Waals surface area contributed by atoms with Crippen molar-refractivity contribution < 1.29 is 0 Å². The lowest BCUT2D eigenvalue weighted by molar-refractivity contribution is 0.500. The van der Waals surface area contributed by atoms with E-state index < -0.39 is 0 Å². The molecule has 0 saturated carbocycles. The summed E-state index contributed by atoms with van der Waals surface area (Å²) in [7, 11) is 0. The quantitative estimate of drug-likeness (QED) is 0.920. The van der Waals surface area contributed by atoms with Crippen LogP contribution in [0.15, 0.2) is 30.5 Å². The van der Waals surface area contributed by atoms with Crippen molar-refractivity contribution in [3.8, 4) is 11.3 Å². The van der Waals surface area contributed by atoms with Gasteiger partial charge in [0.25, 0.3) is 0 Å². The van der Waals surface area contributed by atoms with E-state index >= 15 is 0 Å². The molecular weight excluding hydrogens is 307 g/mol. The highest BCUT2D eigenvalue weighted by atomic mass is 35.5. The molecule has 1 unspecified atom stereocenters. The van der Waals surface area contributed by atoms with E-state index in [0.29, 0.717) is 16.0 Å². The number of rotatable bonds is 2. The maximum Gasteiger partial charge on any atom is 0.225 e. The van der Waals surface area contributed by atoms with Crippen LogP contribution in [0.4, 0.5) is 5.95 Å². The van der Waals surface area contributed by atoms with Crippen molar-refractivity contribution in [2.75, 3.05) is 18.0 Å². The maximum atomic E-state index is 6.07. The number of hydrogen-bond acceptors (Lipinski definition) is 4. The predicted octanol–water partition coefficient (Wildman–Crippen LogP) is 3.38. The first kappa shape index (κ1) is 14.6. The predicted molar refractivity (Wildman–Crippen MR) is 86.9 cm³/mol. The minimum Gasteiger partial charge on any atom is -0.339 e. The van der Waals surface area contributed by atoms with Gasteiger partial charge in [-0.2, -0.15) is 0 Å². The highest BCUT2D eigenvalue weighted by Crippen LogP contribution is 2.28. The molecule has 1 atom stereocenters. The van der Waals surface area contributed by atoms with Gasteiger partial charge in [-0.15, -0.1) is 0 Å². The molecule has 1 aromatic carbocycles. The van der Waals surface area contributed by atoms with Gasteiger partial charge in [-0.1, -0.05) is 29.3 Å². The Morgan fingerprint density at radius 2 is 2.05 bits per heavy atom. The Morgan fingerprint density at radius 3 is 2.81 bits per heavy atom. The van der Waals surface area contributed by atoms with Gasteiger partial charge in [-0.3, -0.25) is 0 Å². The largest absolute Gasteiger partial charge is 0.339 e. The van der Waals surface area contributed by atoms with Crippen LogP contribution in [-0.2, 0) is 0 Å². The average molecular weight is 323 g/mol. The fourth-order valence-electron chi connectivity index (χ4n) is 2.51. The van der Waals surface area contributed by atoms with Gasteiger partial charge in [0.1, 0.15) is 0 Å². The molecule has 4 nitrogen and oxygen atoms in total. The SMILES string of the molecule is NC1CCCN(c2nccc(-c3ccc(Cl)c(Cl)c3)n2)C1. The highest BCUT2D eigenvalue weighted by Gasteiger charge is 2.19. The molecule has 0 spiro atoms. The van der Waals surface area contributed by atoms with E-state index in [2.05, 4.69) is 14.9 Å². The number of benzene rings is 1. The molecule has 1 aliphatic heterocycles. The Balaban J connectivity index is 1.90. The zero-order valence-corrected chi connectivity index (χ0v) is 13.0. The van der Waals surface area contributed by atoms with E-state index in [0.717, 1.165) is 37.2 Å². The maximum absolute atomic E-state index is 6.07. The molecule has 0 bridgehead atoms. The Labute approximate surface area is 133 Å². The lowest BCUT2D eigenvalue weighted by atomic mass is 10.1. The Kier molecular flexibility index (Phi) is 4.29. The van der Waals surface area contributed by atoms with Gasteiger partial charge in [0.05, 0.1) is 15.7 Å². The van der Waals surface area contributed by atoms with Gasteiger partial charge < -0.3 is 10.6 Å². The summed E-state index contributed by atoms with van der Waals surface area (Å²) in [5, 5.41) is 1.06. The third kappa shape index (κ3) is 3.28. The Morgan fingerprint density at radius 1 is 1.19 bits per heavy atom. The van der Waals surface area contributed by atoms with Crippen molar-refractivity contribution in [3.05, 3.63) is 40.5 Å². The van der Waals surface area contributed by atoms with Crippen molar-refractivity contribution in [1.82, 2.24) is 9.97 Å². The second-order valence-electron chi connectivity index (χ2n) is 5.22. The first-order valence-corrected chi connectivity index (χ1v) is 7.68. The summed E-state index contributed by atoms with van der Waals surface area (Å²) in [5.74, 6) is 0.716. The molecule has 1 aliphatic rings. The lowest BCUT2D eigenvalue weighted by Crippen LogP contribution is -2.43. The van der Waals surface area contributed by atoms with Crippen LogP contribution in [0, 0.1) is 0 Å². The lowest BCUT2D eigenvalue weighted by Gasteiger charge is -2.30. The molecule has 21 heavy (non-hydrogen) atoms. The molecule has 110 valence electrons. The summed E-state index contributed by atoms with van der Waals surface area (Å²) in [6.07, 6.45) is 3.89. The first-order valence-electron chi connectivity index (χ1n) is 6.92. The van der Waals surface area contributed by atoms with Crippen molar-refractivity contribution in [3.63, 3.8) is 0 Å². The number of nitrogens with zero attached hydrogens (tertiary/aromatic N) is 3. The molecule has 6 heteroatoms. The van der Waals surface area contributed by atoms with Crippen LogP contribution in [0.1, 0.15) is 12.8 Å². The molecule has 2 aromatic rings. The molecular formula is C15H16Cl2N4. The topological polar surface area (TPSA) is 55.0 Å². The third-order valence-electron chi connectivity index (χ3n) is 3.60. The minimum atomic E-state index is 0.191. The standard InChI is InChI=1S/C15H16Cl2N4/c16-12-4-3-10(8-13(12)17)14-5-6-19-15(20-14)21-7-1-2-11(18)9-21/h3-6,8,11H,1-2,7,9,18H2. The molecule has 0 amide bonds. The molecule has 1 fully saturated rings. The van der Waals surface area contributed by atoms with Gasteiger partial charge in [0.2, 0.25) is 5.95 Å². The molecule has 0 aliphatic carbocycles. The molecule has 0 radical (unpaired) electrons. The van der Waals surface area contributed by atoms with Gasteiger partial charge in [-0.05, 0) is 31.0 Å². The number of hydrogen-bond donors (Lipinski definition) is 1. The molecule has 1 saturated heterocycles. The smallest absolute Gasteiger partial charge is 0.225 e. The van der Waals surface area contributed by atoms with E-state index in [1.165, 1.54) is 0 Å². The van der Waals surface area contributed by atoms with E-state index in [4.69, 9.17) is 28.9 Å². The highest BCUT2D eigenvalue weighted by molar-refractivity contribution is 6.42. The molecule has 2 heterocycles. The Hall–Kier alpha value is -1.36. The summed E-state index contributed by atoms with van der Waals surface area (Å²) in [4.78, 5) is 11.1. The van der Waals surface area contributed by atoms with E-state index in [9.17, 15) is 0 Å². The fourth-order valence-corrected chi connectivity index (χ4v) is 2.81. The normalized spacial score (nSPS) is 18.8. The molecule has 2 N–H and O–H groups in total. The Bertz CT molecular complexity index is 647. The summed E-state index contributed by atoms with van der Waals surface area (Å²) < 4.78 is 0. The zero-order chi connectivity index (χ0) is 14.8. The van der Waals surface area contributed by atoms with Crippen molar-refractivity contribution >= 4 is 29.2 Å². The van der Waals surface area contributed by atoms with Crippen LogP contribution in [-0.4, -0.2) is 29.1 Å². The van der Waals surface area contributed by atoms with E-state index in [1.807, 2.05) is 18.2 Å². The number of nitrogens with two attached hydrogens (primary N) is 1. The van der Waals surface area contributed by atoms with Crippen molar-refractivity contribution in [1.29, 1.82) is 0 Å². The van der Waals surface area contributed by atoms with Gasteiger partial charge in [0, 0.05) is 30.9 Å². The van der Waals surface area contributed by atoms with Gasteiger partial charge in [0.15, 0.2) is 0 Å². The fraction of sp³-hybridized carbons (Fsp3) is 0.333. The monoisotopic (exact) mass is 322 g/mol. The summed E-state index contributed by atoms with van der Waals surface area (Å²) >= 11 is 12.0. The van der Waals surface area contributed by atoms with Crippen LogP contribution in [0.3, 0.4) is 0 Å². The number of halogens is 2. The average Bonchev–Trinajstić information content (AvgIpc) is 2.50. The van der Waals surface area contributed by atoms with Crippen LogP contribution in [0.25, 0.3) is 11.3 Å². The van der Waals surface area contributed by atoms with Crippen LogP contribution < -0.4 is 10.6 Å². The van der Waals surface area contributed by atoms with Gasteiger partial charge >= 0.3 is 0 Å². The van der Waals surface area contributed by atoms with Crippen molar-refractivity contribution in [2.24, 2.45) is 5.73 Å². The zero-order valence-electron chi connectivity index (χ0n) is 11.5. The second-order valence-corrected chi connectivity index (χ2v) is 6.03. The second kappa shape index (κ2) is 6.18. The van der Waals surface area contributed by atoms with Crippen LogP contribution in [0.2, 0.25) is 10.0 Å². The molecule has 1 aromatic heterocycles. The van der Waals surface area contributed by atoms with Crippen molar-refractivity contribution in [2.45, 2.75) is 18.9 Å². The minimum absolute atomic E-state index is 0.191. The number of aromatic nitrogens is 2. The molecule has 3 rings (SSSR count). The summed E-state index contributed by atoms with van der Waals surface area (Å²) in [5.41, 5.74) is 7.78. The summed E-state index contributed by atoms with van der Waals surface area (Å²) in [6.45, 7) is 1.74. The summed E-state index contributed by atoms with van der Waals surface area (Å²) in [6, 6.07) is 7.56. The number of piperidine rings is 1. The first-order chi connectivity index (χ1) is 10.1. The van der Waals surface area contributed by atoms with E-state index in [1.54, 1.807) is 12.3 Å². The van der Waals surface area contributed by atoms with Crippen LogP contribution in [0.5, 0.6) is 0 Å². The van der Waals surface area contributed by atoms with Crippen LogP contribution >= 0.6 is 23.2 Å². The number of anilines is 1. The third-order valence-corrected chi connectivity index (χ3v) is 4.34. The van der Waals surface area contributed by atoms with Gasteiger partial charge in [-0.25, -0.2) is 9.97 Å².